The lowest BCUT2D eigenvalue weighted by atomic mass is 9.94. The topological polar surface area (TPSA) is 63.4 Å². The fourth-order valence-corrected chi connectivity index (χ4v) is 3.86. The van der Waals surface area contributed by atoms with E-state index in [2.05, 4.69) is 39.3 Å². The first kappa shape index (κ1) is 25.2. The summed E-state index contributed by atoms with van der Waals surface area (Å²) in [5.41, 5.74) is 0.383. The van der Waals surface area contributed by atoms with Crippen LogP contribution >= 0.6 is 0 Å². The number of nitrogens with zero attached hydrogens (tertiary/aromatic N) is 4. The van der Waals surface area contributed by atoms with Gasteiger partial charge in [-0.05, 0) is 36.4 Å². The van der Waals surface area contributed by atoms with Crippen molar-refractivity contribution in [3.05, 3.63) is 120 Å². The SMILES string of the molecule is CN(CC=Cc1ccccc1)Cc1ccc(OCC(O)(Cn2cncn2)c2ccc(F)cc2F)cc1. The molecule has 0 spiro atoms. The highest BCUT2D eigenvalue weighted by molar-refractivity contribution is 5.48. The van der Waals surface area contributed by atoms with E-state index in [1.54, 1.807) is 12.1 Å². The fourth-order valence-electron chi connectivity index (χ4n) is 3.86. The van der Waals surface area contributed by atoms with E-state index in [1.165, 1.54) is 23.4 Å². The average molecular weight is 491 g/mol. The number of ether oxygens (including phenoxy) is 1. The summed E-state index contributed by atoms with van der Waals surface area (Å²) in [5.74, 6) is -1.07. The summed E-state index contributed by atoms with van der Waals surface area (Å²) < 4.78 is 35.2. The van der Waals surface area contributed by atoms with Gasteiger partial charge in [-0.1, -0.05) is 60.7 Å². The zero-order valence-corrected chi connectivity index (χ0v) is 20.0. The number of halogens is 2. The molecule has 4 rings (SSSR count). The molecule has 0 aliphatic carbocycles. The molecule has 3 aromatic carbocycles. The lowest BCUT2D eigenvalue weighted by Gasteiger charge is -2.29. The largest absolute Gasteiger partial charge is 0.490 e. The monoisotopic (exact) mass is 490 g/mol. The Labute approximate surface area is 209 Å². The van der Waals surface area contributed by atoms with Gasteiger partial charge in [-0.2, -0.15) is 5.10 Å². The maximum absolute atomic E-state index is 14.5. The lowest BCUT2D eigenvalue weighted by molar-refractivity contribution is -0.0297. The molecule has 0 aliphatic heterocycles. The molecule has 0 fully saturated rings. The van der Waals surface area contributed by atoms with Gasteiger partial charge in [-0.25, -0.2) is 18.4 Å². The van der Waals surface area contributed by atoms with Gasteiger partial charge in [0, 0.05) is 24.7 Å². The number of aliphatic hydroxyl groups is 1. The number of hydrogen-bond donors (Lipinski definition) is 1. The Balaban J connectivity index is 1.37. The van der Waals surface area contributed by atoms with Gasteiger partial charge in [0.2, 0.25) is 0 Å². The molecule has 0 amide bonds. The number of rotatable bonds is 11. The molecule has 1 heterocycles. The predicted molar refractivity (Wildman–Crippen MR) is 134 cm³/mol. The van der Waals surface area contributed by atoms with Crippen molar-refractivity contribution in [3.8, 4) is 5.75 Å². The van der Waals surface area contributed by atoms with Crippen molar-refractivity contribution in [2.24, 2.45) is 0 Å². The van der Waals surface area contributed by atoms with Crippen molar-refractivity contribution in [3.63, 3.8) is 0 Å². The van der Waals surface area contributed by atoms with E-state index in [1.807, 2.05) is 37.4 Å². The molecular formula is C28H28F2N4O2. The summed E-state index contributed by atoms with van der Waals surface area (Å²) in [7, 11) is 2.04. The minimum Gasteiger partial charge on any atom is -0.490 e. The van der Waals surface area contributed by atoms with E-state index in [9.17, 15) is 13.9 Å². The van der Waals surface area contributed by atoms with Crippen molar-refractivity contribution in [1.29, 1.82) is 0 Å². The molecule has 186 valence electrons. The molecule has 4 aromatic rings. The van der Waals surface area contributed by atoms with Crippen molar-refractivity contribution < 1.29 is 18.6 Å². The summed E-state index contributed by atoms with van der Waals surface area (Å²) in [5, 5.41) is 15.3. The molecule has 1 atom stereocenters. The van der Waals surface area contributed by atoms with E-state index in [4.69, 9.17) is 4.74 Å². The maximum Gasteiger partial charge on any atom is 0.146 e. The van der Waals surface area contributed by atoms with Crippen LogP contribution in [0.15, 0.2) is 91.5 Å². The summed E-state index contributed by atoms with van der Waals surface area (Å²) in [6.07, 6.45) is 6.94. The van der Waals surface area contributed by atoms with Gasteiger partial charge in [-0.15, -0.1) is 0 Å². The summed E-state index contributed by atoms with van der Waals surface area (Å²) in [6.45, 7) is 1.16. The van der Waals surface area contributed by atoms with Crippen molar-refractivity contribution >= 4 is 6.08 Å². The number of benzene rings is 3. The number of likely N-dealkylation sites (N-methyl/N-ethyl adjacent to an activating group) is 1. The Bertz CT molecular complexity index is 1260. The Hall–Kier alpha value is -3.88. The smallest absolute Gasteiger partial charge is 0.146 e. The minimum absolute atomic E-state index is 0.0822. The second-order valence-electron chi connectivity index (χ2n) is 8.69. The minimum atomic E-state index is -1.80. The first-order valence-corrected chi connectivity index (χ1v) is 11.5. The van der Waals surface area contributed by atoms with Crippen molar-refractivity contribution in [2.45, 2.75) is 18.7 Å². The Morgan fingerprint density at radius 1 is 1.06 bits per heavy atom. The summed E-state index contributed by atoms with van der Waals surface area (Å²) in [6, 6.07) is 20.7. The van der Waals surface area contributed by atoms with Crippen molar-refractivity contribution in [1.82, 2.24) is 19.7 Å². The second-order valence-corrected chi connectivity index (χ2v) is 8.69. The van der Waals surface area contributed by atoms with Crippen LogP contribution in [0.3, 0.4) is 0 Å². The number of aromatic nitrogens is 3. The third-order valence-electron chi connectivity index (χ3n) is 5.70. The molecule has 8 heteroatoms. The third-order valence-corrected chi connectivity index (χ3v) is 5.70. The molecule has 1 N–H and O–H groups in total. The Morgan fingerprint density at radius 3 is 2.53 bits per heavy atom. The summed E-state index contributed by atoms with van der Waals surface area (Å²) in [4.78, 5) is 6.04. The van der Waals surface area contributed by atoms with Gasteiger partial charge in [0.25, 0.3) is 0 Å². The first-order chi connectivity index (χ1) is 17.4. The van der Waals surface area contributed by atoms with Crippen LogP contribution in [0.5, 0.6) is 5.75 Å². The molecule has 6 nitrogen and oxygen atoms in total. The van der Waals surface area contributed by atoms with Gasteiger partial charge < -0.3 is 9.84 Å². The molecule has 0 radical (unpaired) electrons. The van der Waals surface area contributed by atoms with Crippen LogP contribution < -0.4 is 4.74 Å². The highest BCUT2D eigenvalue weighted by Crippen LogP contribution is 2.28. The molecule has 0 saturated heterocycles. The zero-order chi connectivity index (χ0) is 25.4. The molecular weight excluding hydrogens is 462 g/mol. The predicted octanol–water partition coefficient (Wildman–Crippen LogP) is 4.67. The van der Waals surface area contributed by atoms with Crippen LogP contribution in [0.4, 0.5) is 8.78 Å². The van der Waals surface area contributed by atoms with Crippen LogP contribution in [0.2, 0.25) is 0 Å². The van der Waals surface area contributed by atoms with Crippen LogP contribution in [-0.4, -0.2) is 45.0 Å². The van der Waals surface area contributed by atoms with E-state index >= 15 is 0 Å². The van der Waals surface area contributed by atoms with Crippen LogP contribution in [0.1, 0.15) is 16.7 Å². The molecule has 36 heavy (non-hydrogen) atoms. The van der Waals surface area contributed by atoms with Crippen LogP contribution in [0, 0.1) is 11.6 Å². The Morgan fingerprint density at radius 2 is 1.83 bits per heavy atom. The van der Waals surface area contributed by atoms with Gasteiger partial charge in [0.05, 0.1) is 6.54 Å². The fraction of sp³-hybridized carbons (Fsp3) is 0.214. The molecule has 0 aliphatic rings. The molecule has 1 unspecified atom stereocenters. The highest BCUT2D eigenvalue weighted by atomic mass is 19.1. The van der Waals surface area contributed by atoms with Gasteiger partial charge in [0.15, 0.2) is 0 Å². The quantitative estimate of drug-likeness (QED) is 0.331. The zero-order valence-electron chi connectivity index (χ0n) is 20.0. The van der Waals surface area contributed by atoms with Crippen LogP contribution in [0.25, 0.3) is 6.08 Å². The second kappa shape index (κ2) is 11.7. The average Bonchev–Trinajstić information content (AvgIpc) is 3.37. The maximum atomic E-state index is 14.5. The van der Waals surface area contributed by atoms with Crippen LogP contribution in [-0.2, 0) is 18.7 Å². The lowest BCUT2D eigenvalue weighted by Crippen LogP contribution is -2.39. The standard InChI is InChI=1S/C28H28F2N4O2/c1-33(15-5-8-22-6-3-2-4-7-22)17-23-9-12-25(13-10-23)36-19-28(35,18-34-21-31-20-32-34)26-14-11-24(29)16-27(26)30/h2-14,16,20-21,35H,15,17-19H2,1H3. The van der Waals surface area contributed by atoms with Gasteiger partial charge in [0.1, 0.15) is 42.2 Å². The molecule has 1 aromatic heterocycles. The van der Waals surface area contributed by atoms with E-state index in [-0.39, 0.29) is 18.7 Å². The number of hydrogen-bond acceptors (Lipinski definition) is 5. The summed E-state index contributed by atoms with van der Waals surface area (Å²) >= 11 is 0. The molecule has 0 saturated carbocycles. The van der Waals surface area contributed by atoms with E-state index < -0.39 is 17.2 Å². The third kappa shape index (κ3) is 6.84. The first-order valence-electron chi connectivity index (χ1n) is 11.5. The molecule has 0 bridgehead atoms. The highest BCUT2D eigenvalue weighted by Gasteiger charge is 2.34. The normalized spacial score (nSPS) is 13.2. The van der Waals surface area contributed by atoms with Crippen molar-refractivity contribution in [2.75, 3.05) is 20.2 Å². The van der Waals surface area contributed by atoms with E-state index in [0.717, 1.165) is 36.3 Å². The van der Waals surface area contributed by atoms with Gasteiger partial charge in [-0.3, -0.25) is 4.90 Å². The van der Waals surface area contributed by atoms with Gasteiger partial charge >= 0.3 is 0 Å². The van der Waals surface area contributed by atoms with E-state index in [0.29, 0.717) is 5.75 Å². The Kier molecular flexibility index (Phi) is 8.20.